The van der Waals surface area contributed by atoms with Crippen molar-refractivity contribution in [1.82, 2.24) is 9.13 Å². The Labute approximate surface area is 686 Å². The Balaban J connectivity index is 0.000000110. The lowest BCUT2D eigenvalue weighted by molar-refractivity contribution is -0.0399. The second-order valence-corrected chi connectivity index (χ2v) is 34.9. The first-order valence-corrected chi connectivity index (χ1v) is 42.9. The molecule has 27 rings (SSSR count). The van der Waals surface area contributed by atoms with Crippen molar-refractivity contribution in [3.63, 3.8) is 0 Å². The predicted molar refractivity (Wildman–Crippen MR) is 486 cm³/mol. The van der Waals surface area contributed by atoms with Crippen LogP contribution in [0.5, 0.6) is 0 Å². The fraction of sp³-hybridized carbons (Fsp3) is 0.189. The predicted octanol–water partition coefficient (Wildman–Crippen LogP) is 29.9. The van der Waals surface area contributed by atoms with E-state index in [9.17, 15) is 0 Å². The standard InChI is InChI=1S/C52H42N2.C30H22N2.C22H21Cl.C7H8/c1-3-14-36(15-4-1)41-18-8-11-23-47(41)54(40-26-27-43-42-19-9-12-24-48(42)53(50(43)33-40)39-16-5-2-6-17-39)49-25-13-22-46-51(49)44-20-7-10-21-45(44)52(46)37-29-34-28-35(31-37)32-38(52)30-34;1-3-11-22(12-4-1)25-15-7-9-17-28(25)31-23-19-20-27-26-16-8-10-18-29(26)32(30(27)21-23)24-13-5-2-6-14-24;23-20-7-3-6-19-21(20)17-4-1-2-5-18(17)22(19)15-9-13-8-14(11-15)12-16(22)10-13;1-7-5-3-2-4-6-7/h1-27,33-35,37-38H,28-32H2;1-21,31H;1-7,13-16H,8-12H2;2-6H,1H3. The SMILES string of the molecule is Cc1ccccc1.Clc1cccc2c1-c1ccccc1C21C2CC3CC(C2)CC1C3.c1ccc(-c2ccccc2N(c2ccc3c4ccccc4n(-c4ccccc4)c3c2)c2cccc3c2-c2ccccc2C32C3CC4CC(C3)CC2C4)cc1.c1ccc(-c2ccccc2Nc2ccc3c4ccccc4n(-c4ccccc4)c3c2)cc1. The molecule has 0 aliphatic heterocycles. The van der Waals surface area contributed by atoms with E-state index in [0.717, 1.165) is 63.7 Å². The van der Waals surface area contributed by atoms with Crippen LogP contribution in [0.4, 0.5) is 28.4 Å². The van der Waals surface area contributed by atoms with Gasteiger partial charge in [-0.25, -0.2) is 0 Å². The zero-order valence-corrected chi connectivity index (χ0v) is 66.4. The van der Waals surface area contributed by atoms with Gasteiger partial charge in [-0.2, -0.15) is 0 Å². The van der Waals surface area contributed by atoms with Gasteiger partial charge < -0.3 is 19.4 Å². The Bertz CT molecular complexity index is 6500. The molecule has 0 amide bonds. The first-order valence-electron chi connectivity index (χ1n) is 42.5. The summed E-state index contributed by atoms with van der Waals surface area (Å²) in [6.07, 6.45) is 14.2. The lowest BCUT2D eigenvalue weighted by Gasteiger charge is -2.61. The normalized spacial score (nSPS) is 22.1. The van der Waals surface area contributed by atoms with Crippen molar-refractivity contribution < 1.29 is 0 Å². The molecule has 2 spiro atoms. The molecule has 15 aromatic carbocycles. The minimum absolute atomic E-state index is 0.101. The second kappa shape index (κ2) is 29.0. The lowest BCUT2D eigenvalue weighted by atomic mass is 9.43. The summed E-state index contributed by atoms with van der Waals surface area (Å²) in [5.41, 5.74) is 31.5. The topological polar surface area (TPSA) is 25.1 Å². The van der Waals surface area contributed by atoms with E-state index in [0.29, 0.717) is 0 Å². The number of aromatic nitrogens is 2. The first-order chi connectivity index (χ1) is 57.3. The molecule has 10 aliphatic carbocycles. The molecular formula is C111H93ClN4. The van der Waals surface area contributed by atoms with Gasteiger partial charge in [-0.1, -0.05) is 302 Å². The number of rotatable bonds is 9. The fourth-order valence-corrected chi connectivity index (χ4v) is 24.7. The van der Waals surface area contributed by atoms with Crippen LogP contribution in [-0.4, -0.2) is 9.13 Å². The molecule has 0 saturated heterocycles. The second-order valence-electron chi connectivity index (χ2n) is 34.5. The fourth-order valence-electron chi connectivity index (χ4n) is 24.5. The van der Waals surface area contributed by atoms with E-state index in [4.69, 9.17) is 11.6 Å². The van der Waals surface area contributed by atoms with Crippen molar-refractivity contribution >= 4 is 83.6 Å². The molecule has 5 heteroatoms. The molecular weight excluding hydrogens is 1420 g/mol. The van der Waals surface area contributed by atoms with Crippen molar-refractivity contribution in [1.29, 1.82) is 0 Å². The van der Waals surface area contributed by atoms with E-state index in [1.165, 1.54) is 186 Å². The van der Waals surface area contributed by atoms with Gasteiger partial charge in [0.15, 0.2) is 0 Å². The van der Waals surface area contributed by atoms with Gasteiger partial charge in [-0.05, 0) is 248 Å². The highest BCUT2D eigenvalue weighted by Crippen LogP contribution is 2.72. The Hall–Kier alpha value is -12.2. The third kappa shape index (κ3) is 11.5. The molecule has 2 aromatic heterocycles. The van der Waals surface area contributed by atoms with Crippen LogP contribution in [0.2, 0.25) is 5.02 Å². The van der Waals surface area contributed by atoms with E-state index in [1.807, 2.05) is 18.2 Å². The van der Waals surface area contributed by atoms with Gasteiger partial charge in [0.2, 0.25) is 0 Å². The molecule has 564 valence electrons. The van der Waals surface area contributed by atoms with Crippen molar-refractivity contribution in [2.75, 3.05) is 10.2 Å². The summed E-state index contributed by atoms with van der Waals surface area (Å²) in [4.78, 5) is 2.60. The number of halogens is 1. The Morgan fingerprint density at radius 1 is 0.302 bits per heavy atom. The number of nitrogens with zero attached hydrogens (tertiary/aromatic N) is 3. The minimum atomic E-state index is 0.101. The van der Waals surface area contributed by atoms with Gasteiger partial charge in [-0.15, -0.1) is 0 Å². The van der Waals surface area contributed by atoms with Crippen LogP contribution < -0.4 is 10.2 Å². The zero-order valence-electron chi connectivity index (χ0n) is 65.6. The van der Waals surface area contributed by atoms with Crippen LogP contribution in [0, 0.1) is 54.3 Å². The summed E-state index contributed by atoms with van der Waals surface area (Å²) in [5.74, 6) is 6.92. The van der Waals surface area contributed by atoms with Crippen molar-refractivity contribution in [2.45, 2.75) is 82.0 Å². The van der Waals surface area contributed by atoms with E-state index in [2.05, 4.69) is 378 Å². The number of aryl methyl sites for hydroxylation is 1. The number of hydrogen-bond acceptors (Lipinski definition) is 2. The third-order valence-corrected chi connectivity index (χ3v) is 28.7. The molecule has 0 radical (unpaired) electrons. The number of nitrogens with one attached hydrogen (secondary N) is 1. The molecule has 0 atom stereocenters. The van der Waals surface area contributed by atoms with Crippen molar-refractivity contribution in [3.05, 3.63) is 403 Å². The Kier molecular flexibility index (Phi) is 17.6. The molecule has 17 aromatic rings. The highest BCUT2D eigenvalue weighted by Gasteiger charge is 2.63. The average molecular weight is 1520 g/mol. The number of fused-ring (bicyclic) bond motifs is 12. The Morgan fingerprint density at radius 2 is 0.690 bits per heavy atom. The molecule has 8 saturated carbocycles. The number of hydrogen-bond donors (Lipinski definition) is 1. The summed E-state index contributed by atoms with van der Waals surface area (Å²) in [6, 6.07) is 135. The Morgan fingerprint density at radius 3 is 1.22 bits per heavy atom. The quantitative estimate of drug-likeness (QED) is 0.156. The average Bonchev–Trinajstić information content (AvgIpc) is 1.50. The molecule has 4 nitrogen and oxygen atoms in total. The van der Waals surface area contributed by atoms with E-state index in [1.54, 1.807) is 22.3 Å². The molecule has 10 aliphatic rings. The third-order valence-electron chi connectivity index (χ3n) is 28.4. The number of benzene rings is 15. The van der Waals surface area contributed by atoms with Gasteiger partial charge in [0, 0.05) is 88.1 Å². The van der Waals surface area contributed by atoms with Gasteiger partial charge in [0.05, 0.1) is 33.4 Å². The molecule has 8 fully saturated rings. The van der Waals surface area contributed by atoms with Gasteiger partial charge in [-0.3, -0.25) is 0 Å². The molecule has 8 bridgehead atoms. The first kappa shape index (κ1) is 70.4. The van der Waals surface area contributed by atoms with Crippen LogP contribution in [0.15, 0.2) is 370 Å². The summed E-state index contributed by atoms with van der Waals surface area (Å²) >= 11 is 6.69. The van der Waals surface area contributed by atoms with Crippen molar-refractivity contribution in [3.8, 4) is 55.9 Å². The largest absolute Gasteiger partial charge is 0.355 e. The van der Waals surface area contributed by atoms with E-state index < -0.39 is 0 Å². The molecule has 1 N–H and O–H groups in total. The molecule has 0 unspecified atom stereocenters. The maximum Gasteiger partial charge on any atom is 0.0561 e. The summed E-state index contributed by atoms with van der Waals surface area (Å²) in [5, 5.41) is 9.68. The van der Waals surface area contributed by atoms with Crippen LogP contribution in [0.3, 0.4) is 0 Å². The number of anilines is 5. The highest BCUT2D eigenvalue weighted by atomic mass is 35.5. The molecule has 116 heavy (non-hydrogen) atoms. The van der Waals surface area contributed by atoms with Gasteiger partial charge >= 0.3 is 0 Å². The smallest absolute Gasteiger partial charge is 0.0561 e. The van der Waals surface area contributed by atoms with Crippen LogP contribution in [0.25, 0.3) is 99.5 Å². The maximum absolute atomic E-state index is 6.69. The summed E-state index contributed by atoms with van der Waals surface area (Å²) in [6.45, 7) is 2.08. The van der Waals surface area contributed by atoms with Gasteiger partial charge in [0.25, 0.3) is 0 Å². The number of para-hydroxylation sites is 6. The van der Waals surface area contributed by atoms with Gasteiger partial charge in [0.1, 0.15) is 0 Å². The van der Waals surface area contributed by atoms with E-state index in [-0.39, 0.29) is 10.8 Å². The van der Waals surface area contributed by atoms with E-state index >= 15 is 0 Å². The maximum atomic E-state index is 6.69. The summed E-state index contributed by atoms with van der Waals surface area (Å²) in [7, 11) is 0. The van der Waals surface area contributed by atoms with Crippen LogP contribution >= 0.6 is 11.6 Å². The highest BCUT2D eigenvalue weighted by molar-refractivity contribution is 6.34. The van der Waals surface area contributed by atoms with Crippen molar-refractivity contribution in [2.24, 2.45) is 47.3 Å². The summed E-state index contributed by atoms with van der Waals surface area (Å²) < 4.78 is 4.79. The lowest BCUT2D eigenvalue weighted by Crippen LogP contribution is -2.55. The zero-order chi connectivity index (χ0) is 77.0. The van der Waals surface area contributed by atoms with Crippen LogP contribution in [-0.2, 0) is 10.8 Å². The molecule has 2 heterocycles. The van der Waals surface area contributed by atoms with Crippen LogP contribution in [0.1, 0.15) is 92.0 Å². The monoisotopic (exact) mass is 1520 g/mol. The minimum Gasteiger partial charge on any atom is -0.355 e.